The van der Waals surface area contributed by atoms with Crippen molar-refractivity contribution in [2.75, 3.05) is 32.7 Å². The lowest BCUT2D eigenvalue weighted by Crippen LogP contribution is -2.49. The molecule has 32 heavy (non-hydrogen) atoms. The molecular weight excluding hydrogens is 426 g/mol. The van der Waals surface area contributed by atoms with Crippen molar-refractivity contribution in [2.24, 2.45) is 0 Å². The summed E-state index contributed by atoms with van der Waals surface area (Å²) in [6, 6.07) is 7.99. The van der Waals surface area contributed by atoms with E-state index in [-0.39, 0.29) is 28.5 Å². The molecule has 1 aromatic heterocycles. The van der Waals surface area contributed by atoms with Crippen LogP contribution in [0.15, 0.2) is 35.2 Å². The van der Waals surface area contributed by atoms with Crippen LogP contribution in [0.5, 0.6) is 0 Å². The minimum absolute atomic E-state index is 0.0599. The normalized spacial score (nSPS) is 16.3. The summed E-state index contributed by atoms with van der Waals surface area (Å²) in [4.78, 5) is 26.6. The van der Waals surface area contributed by atoms with Gasteiger partial charge in [-0.05, 0) is 59.7 Å². The summed E-state index contributed by atoms with van der Waals surface area (Å²) in [6.07, 6.45) is 0. The van der Waals surface area contributed by atoms with Crippen LogP contribution in [0.1, 0.15) is 59.8 Å². The SMILES string of the molecule is CC(=O)c1ccc(S(=O)(=O)N2CCN(CC(=O)c3cc(C)n(C(C)(C)C)c3C)CC2)cc1. The van der Waals surface area contributed by atoms with Gasteiger partial charge in [-0.3, -0.25) is 14.5 Å². The Labute approximate surface area is 191 Å². The Kier molecular flexibility index (Phi) is 6.79. The number of carbonyl (C=O) groups excluding carboxylic acids is 2. The van der Waals surface area contributed by atoms with Crippen molar-refractivity contribution in [3.05, 3.63) is 52.8 Å². The zero-order valence-electron chi connectivity index (χ0n) is 19.8. The number of nitrogens with zero attached hydrogens (tertiary/aromatic N) is 3. The summed E-state index contributed by atoms with van der Waals surface area (Å²) in [7, 11) is -3.63. The van der Waals surface area contributed by atoms with E-state index in [0.29, 0.717) is 31.7 Å². The third kappa shape index (κ3) is 4.87. The second-order valence-electron chi connectivity index (χ2n) is 9.48. The van der Waals surface area contributed by atoms with Gasteiger partial charge in [0.25, 0.3) is 0 Å². The van der Waals surface area contributed by atoms with Crippen molar-refractivity contribution in [3.8, 4) is 0 Å². The number of aromatic nitrogens is 1. The third-order valence-corrected chi connectivity index (χ3v) is 7.91. The van der Waals surface area contributed by atoms with Gasteiger partial charge >= 0.3 is 0 Å². The molecule has 1 fully saturated rings. The molecule has 0 spiro atoms. The van der Waals surface area contributed by atoms with Crippen LogP contribution in [0.2, 0.25) is 0 Å². The summed E-state index contributed by atoms with van der Waals surface area (Å²) in [6.45, 7) is 13.7. The number of aryl methyl sites for hydroxylation is 1. The number of piperazine rings is 1. The van der Waals surface area contributed by atoms with E-state index in [9.17, 15) is 18.0 Å². The molecule has 0 radical (unpaired) electrons. The van der Waals surface area contributed by atoms with Crippen molar-refractivity contribution >= 4 is 21.6 Å². The van der Waals surface area contributed by atoms with Crippen LogP contribution in [0.4, 0.5) is 0 Å². The largest absolute Gasteiger partial charge is 0.343 e. The van der Waals surface area contributed by atoms with Gasteiger partial charge in [0.2, 0.25) is 10.0 Å². The number of rotatable bonds is 6. The summed E-state index contributed by atoms with van der Waals surface area (Å²) in [5.74, 6) is -0.0415. The Morgan fingerprint density at radius 3 is 2.00 bits per heavy atom. The minimum atomic E-state index is -3.63. The van der Waals surface area contributed by atoms with Crippen LogP contribution in [-0.4, -0.2) is 66.5 Å². The van der Waals surface area contributed by atoms with Crippen LogP contribution >= 0.6 is 0 Å². The Morgan fingerprint density at radius 2 is 1.53 bits per heavy atom. The molecule has 2 aromatic rings. The van der Waals surface area contributed by atoms with Gasteiger partial charge in [-0.2, -0.15) is 4.31 Å². The molecule has 2 heterocycles. The number of hydrogen-bond donors (Lipinski definition) is 0. The molecule has 1 aromatic carbocycles. The van der Waals surface area contributed by atoms with Crippen LogP contribution in [0.25, 0.3) is 0 Å². The zero-order valence-corrected chi connectivity index (χ0v) is 20.6. The number of benzene rings is 1. The Morgan fingerprint density at radius 1 is 0.969 bits per heavy atom. The van der Waals surface area contributed by atoms with Gasteiger partial charge < -0.3 is 4.57 Å². The molecular formula is C24H33N3O4S. The molecule has 0 atom stereocenters. The molecule has 3 rings (SSSR count). The number of Topliss-reactive ketones (excluding diaryl/α,β-unsaturated/α-hetero) is 2. The predicted octanol–water partition coefficient (Wildman–Crippen LogP) is 3.25. The molecule has 0 bridgehead atoms. The fourth-order valence-corrected chi connectivity index (χ4v) is 5.93. The lowest BCUT2D eigenvalue weighted by atomic mass is 10.1. The second kappa shape index (κ2) is 8.92. The molecule has 1 saturated heterocycles. The summed E-state index contributed by atoms with van der Waals surface area (Å²) in [5.41, 5.74) is 3.14. The first-order chi connectivity index (χ1) is 14.8. The van der Waals surface area contributed by atoms with E-state index in [1.165, 1.54) is 35.5 Å². The molecule has 0 unspecified atom stereocenters. The van der Waals surface area contributed by atoms with Crippen molar-refractivity contribution in [1.82, 2.24) is 13.8 Å². The van der Waals surface area contributed by atoms with Crippen molar-refractivity contribution in [1.29, 1.82) is 0 Å². The maximum absolute atomic E-state index is 13.0. The predicted molar refractivity (Wildman–Crippen MR) is 125 cm³/mol. The lowest BCUT2D eigenvalue weighted by Gasteiger charge is -2.33. The molecule has 8 heteroatoms. The van der Waals surface area contributed by atoms with Gasteiger partial charge in [-0.15, -0.1) is 0 Å². The Balaban J connectivity index is 1.65. The summed E-state index contributed by atoms with van der Waals surface area (Å²) >= 11 is 0. The Hall–Kier alpha value is -2.29. The lowest BCUT2D eigenvalue weighted by molar-refractivity contribution is 0.0900. The van der Waals surface area contributed by atoms with Crippen molar-refractivity contribution in [3.63, 3.8) is 0 Å². The average molecular weight is 460 g/mol. The standard InChI is InChI=1S/C24H33N3O4S/c1-17-15-22(18(2)27(17)24(4,5)6)23(29)16-25-11-13-26(14-12-25)32(30,31)21-9-7-20(8-10-21)19(3)28/h7-10,15H,11-14,16H2,1-6H3. The molecule has 0 amide bonds. The highest BCUT2D eigenvalue weighted by Crippen LogP contribution is 2.25. The van der Waals surface area contributed by atoms with Gasteiger partial charge in [-0.1, -0.05) is 12.1 Å². The molecule has 0 N–H and O–H groups in total. The summed E-state index contributed by atoms with van der Waals surface area (Å²) in [5, 5.41) is 0. The number of hydrogen-bond acceptors (Lipinski definition) is 5. The highest BCUT2D eigenvalue weighted by molar-refractivity contribution is 7.89. The van der Waals surface area contributed by atoms with Gasteiger partial charge in [0, 0.05) is 54.2 Å². The topological polar surface area (TPSA) is 79.7 Å². The van der Waals surface area contributed by atoms with E-state index in [2.05, 4.69) is 25.3 Å². The van der Waals surface area contributed by atoms with Crippen molar-refractivity contribution < 1.29 is 18.0 Å². The van der Waals surface area contributed by atoms with Crippen LogP contribution < -0.4 is 0 Å². The van der Waals surface area contributed by atoms with Crippen LogP contribution in [0, 0.1) is 13.8 Å². The maximum Gasteiger partial charge on any atom is 0.243 e. The van der Waals surface area contributed by atoms with E-state index >= 15 is 0 Å². The molecule has 0 saturated carbocycles. The number of carbonyl (C=O) groups is 2. The highest BCUT2D eigenvalue weighted by atomic mass is 32.2. The van der Waals surface area contributed by atoms with E-state index in [0.717, 1.165) is 17.0 Å². The molecule has 174 valence electrons. The van der Waals surface area contributed by atoms with E-state index < -0.39 is 10.0 Å². The van der Waals surface area contributed by atoms with Gasteiger partial charge in [0.1, 0.15) is 0 Å². The average Bonchev–Trinajstić information content (AvgIpc) is 3.02. The molecule has 7 nitrogen and oxygen atoms in total. The fraction of sp³-hybridized carbons (Fsp3) is 0.500. The minimum Gasteiger partial charge on any atom is -0.343 e. The number of ketones is 2. The smallest absolute Gasteiger partial charge is 0.243 e. The molecule has 1 aliphatic heterocycles. The Bertz CT molecular complexity index is 1120. The first kappa shape index (κ1) is 24.4. The van der Waals surface area contributed by atoms with Gasteiger partial charge in [-0.25, -0.2) is 8.42 Å². The highest BCUT2D eigenvalue weighted by Gasteiger charge is 2.30. The zero-order chi connectivity index (χ0) is 23.8. The number of sulfonamides is 1. The van der Waals surface area contributed by atoms with E-state index in [1.807, 2.05) is 24.8 Å². The quantitative estimate of drug-likeness (QED) is 0.620. The second-order valence-corrected chi connectivity index (χ2v) is 11.4. The molecule has 1 aliphatic rings. The van der Waals surface area contributed by atoms with Gasteiger partial charge in [0.15, 0.2) is 11.6 Å². The van der Waals surface area contributed by atoms with Crippen LogP contribution in [-0.2, 0) is 15.6 Å². The van der Waals surface area contributed by atoms with E-state index in [4.69, 9.17) is 0 Å². The molecule has 0 aliphatic carbocycles. The maximum atomic E-state index is 13.0. The van der Waals surface area contributed by atoms with Crippen molar-refractivity contribution in [2.45, 2.75) is 52.0 Å². The first-order valence-electron chi connectivity index (χ1n) is 10.9. The van der Waals surface area contributed by atoms with E-state index in [1.54, 1.807) is 0 Å². The third-order valence-electron chi connectivity index (χ3n) is 6.00. The summed E-state index contributed by atoms with van der Waals surface area (Å²) < 4.78 is 29.5. The van der Waals surface area contributed by atoms with Crippen LogP contribution in [0.3, 0.4) is 0 Å². The fourth-order valence-electron chi connectivity index (χ4n) is 4.50. The monoisotopic (exact) mass is 459 g/mol. The van der Waals surface area contributed by atoms with Gasteiger partial charge in [0.05, 0.1) is 11.4 Å². The first-order valence-corrected chi connectivity index (χ1v) is 12.3.